The van der Waals surface area contributed by atoms with Crippen LogP contribution in [-0.4, -0.2) is 37.0 Å². The molecule has 0 aliphatic heterocycles. The average molecular weight is 597 g/mol. The number of rotatable bonds is 13. The number of hydrogen-bond acceptors (Lipinski definition) is 7. The minimum absolute atomic E-state index is 0.00473. The molecule has 0 atom stereocenters. The van der Waals surface area contributed by atoms with Crippen LogP contribution in [0.4, 0.5) is 11.4 Å². The number of benzene rings is 3. The second-order valence-electron chi connectivity index (χ2n) is 8.40. The van der Waals surface area contributed by atoms with Crippen LogP contribution in [0.3, 0.4) is 0 Å². The number of amides is 2. The zero-order chi connectivity index (χ0) is 28.0. The van der Waals surface area contributed by atoms with Gasteiger partial charge in [0, 0.05) is 28.7 Å². The summed E-state index contributed by atoms with van der Waals surface area (Å²) in [6, 6.07) is 20.6. The summed E-state index contributed by atoms with van der Waals surface area (Å²) in [5, 5.41) is 5.35. The summed E-state index contributed by atoms with van der Waals surface area (Å²) in [5.41, 5.74) is 1.43. The van der Waals surface area contributed by atoms with E-state index >= 15 is 0 Å². The van der Waals surface area contributed by atoms with Gasteiger partial charge in [-0.25, -0.2) is 4.79 Å². The summed E-state index contributed by atoms with van der Waals surface area (Å²) in [4.78, 5) is 48.0. The highest BCUT2D eigenvalue weighted by molar-refractivity contribution is 9.10. The third-order valence-corrected chi connectivity index (χ3v) is 5.71. The molecule has 0 radical (unpaired) electrons. The molecule has 0 saturated heterocycles. The molecule has 9 nitrogen and oxygen atoms in total. The first kappa shape index (κ1) is 29.4. The lowest BCUT2D eigenvalue weighted by atomic mass is 10.2. The maximum atomic E-state index is 12.2. The first-order chi connectivity index (χ1) is 18.8. The highest BCUT2D eigenvalue weighted by Gasteiger charge is 2.11. The molecule has 0 spiro atoms. The van der Waals surface area contributed by atoms with Gasteiger partial charge in [-0.2, -0.15) is 0 Å². The summed E-state index contributed by atoms with van der Waals surface area (Å²) in [6.07, 6.45) is 1.11. The fourth-order valence-electron chi connectivity index (χ4n) is 3.24. The Morgan fingerprint density at radius 2 is 1.28 bits per heavy atom. The SMILES string of the molecule is CCCOC(=O)c1ccc(NC(=O)COC(=O)CCCC(=O)Nc2ccc(Oc3ccc(Br)cc3)cc2)cc1. The van der Waals surface area contributed by atoms with E-state index in [0.717, 1.165) is 10.9 Å². The summed E-state index contributed by atoms with van der Waals surface area (Å²) in [5.74, 6) is -0.455. The normalized spacial score (nSPS) is 10.3. The second-order valence-corrected chi connectivity index (χ2v) is 9.32. The van der Waals surface area contributed by atoms with Crippen LogP contribution in [0.2, 0.25) is 0 Å². The lowest BCUT2D eigenvalue weighted by Crippen LogP contribution is -2.21. The first-order valence-electron chi connectivity index (χ1n) is 12.4. The molecule has 0 saturated carbocycles. The van der Waals surface area contributed by atoms with Crippen LogP contribution in [0.1, 0.15) is 43.0 Å². The fourth-order valence-corrected chi connectivity index (χ4v) is 3.51. The largest absolute Gasteiger partial charge is 0.462 e. The number of nitrogens with one attached hydrogen (secondary N) is 2. The number of hydrogen-bond donors (Lipinski definition) is 2. The molecule has 0 unspecified atom stereocenters. The second kappa shape index (κ2) is 15.3. The summed E-state index contributed by atoms with van der Waals surface area (Å²) in [6.45, 7) is 1.78. The lowest BCUT2D eigenvalue weighted by molar-refractivity contribution is -0.147. The van der Waals surface area contributed by atoms with Gasteiger partial charge in [-0.05, 0) is 85.6 Å². The van der Waals surface area contributed by atoms with Crippen molar-refractivity contribution in [3.05, 3.63) is 82.8 Å². The summed E-state index contributed by atoms with van der Waals surface area (Å²) >= 11 is 3.38. The quantitative estimate of drug-likeness (QED) is 0.229. The van der Waals surface area contributed by atoms with Gasteiger partial charge in [-0.1, -0.05) is 22.9 Å². The molecule has 10 heteroatoms. The van der Waals surface area contributed by atoms with E-state index in [2.05, 4.69) is 26.6 Å². The number of carbonyl (C=O) groups is 4. The van der Waals surface area contributed by atoms with Gasteiger partial charge in [0.05, 0.1) is 12.2 Å². The molecule has 3 aromatic rings. The maximum absolute atomic E-state index is 12.2. The van der Waals surface area contributed by atoms with Crippen LogP contribution in [0, 0.1) is 0 Å². The minimum atomic E-state index is -0.582. The molecule has 0 fully saturated rings. The van der Waals surface area contributed by atoms with Gasteiger partial charge in [0.25, 0.3) is 5.91 Å². The Morgan fingerprint density at radius 3 is 1.90 bits per heavy atom. The number of carbonyl (C=O) groups excluding carboxylic acids is 4. The van der Waals surface area contributed by atoms with E-state index in [4.69, 9.17) is 14.2 Å². The van der Waals surface area contributed by atoms with Crippen LogP contribution in [0.25, 0.3) is 0 Å². The van der Waals surface area contributed by atoms with Gasteiger partial charge < -0.3 is 24.8 Å². The van der Waals surface area contributed by atoms with Crippen LogP contribution < -0.4 is 15.4 Å². The van der Waals surface area contributed by atoms with Crippen molar-refractivity contribution in [2.24, 2.45) is 0 Å². The predicted octanol–water partition coefficient (Wildman–Crippen LogP) is 6.10. The lowest BCUT2D eigenvalue weighted by Gasteiger charge is -2.09. The molecule has 0 heterocycles. The molecule has 2 N–H and O–H groups in total. The molecule has 0 bridgehead atoms. The molecule has 3 aromatic carbocycles. The minimum Gasteiger partial charge on any atom is -0.462 e. The Kier molecular flexibility index (Phi) is 11.5. The number of halogens is 1. The Morgan fingerprint density at radius 1 is 0.718 bits per heavy atom. The number of anilines is 2. The maximum Gasteiger partial charge on any atom is 0.338 e. The van der Waals surface area contributed by atoms with Crippen molar-refractivity contribution >= 4 is 51.1 Å². The van der Waals surface area contributed by atoms with Crippen LogP contribution in [-0.2, 0) is 23.9 Å². The van der Waals surface area contributed by atoms with Crippen LogP contribution in [0.15, 0.2) is 77.3 Å². The zero-order valence-electron chi connectivity index (χ0n) is 21.4. The summed E-state index contributed by atoms with van der Waals surface area (Å²) < 4.78 is 16.7. The monoisotopic (exact) mass is 596 g/mol. The van der Waals surface area contributed by atoms with Crippen molar-refractivity contribution in [2.75, 3.05) is 23.8 Å². The van der Waals surface area contributed by atoms with Gasteiger partial charge in [-0.3, -0.25) is 14.4 Å². The van der Waals surface area contributed by atoms with E-state index < -0.39 is 24.5 Å². The van der Waals surface area contributed by atoms with Crippen molar-refractivity contribution in [2.45, 2.75) is 32.6 Å². The topological polar surface area (TPSA) is 120 Å². The molecule has 0 aromatic heterocycles. The Hall–Kier alpha value is -4.18. The van der Waals surface area contributed by atoms with Crippen LogP contribution in [0.5, 0.6) is 11.5 Å². The van der Waals surface area contributed by atoms with E-state index in [9.17, 15) is 19.2 Å². The van der Waals surface area contributed by atoms with E-state index in [0.29, 0.717) is 35.0 Å². The smallest absolute Gasteiger partial charge is 0.338 e. The molecule has 0 aliphatic carbocycles. The number of esters is 2. The van der Waals surface area contributed by atoms with Crippen molar-refractivity contribution in [3.8, 4) is 11.5 Å². The van der Waals surface area contributed by atoms with Gasteiger partial charge in [0.15, 0.2) is 6.61 Å². The molecular weight excluding hydrogens is 568 g/mol. The van der Waals surface area contributed by atoms with E-state index in [1.165, 1.54) is 12.1 Å². The van der Waals surface area contributed by atoms with E-state index in [1.807, 2.05) is 31.2 Å². The van der Waals surface area contributed by atoms with Crippen molar-refractivity contribution in [3.63, 3.8) is 0 Å². The van der Waals surface area contributed by atoms with Gasteiger partial charge in [0.1, 0.15) is 11.5 Å². The molecular formula is C29H29BrN2O7. The molecule has 2 amide bonds. The third-order valence-electron chi connectivity index (χ3n) is 5.18. The van der Waals surface area contributed by atoms with E-state index in [-0.39, 0.29) is 25.2 Å². The van der Waals surface area contributed by atoms with Crippen molar-refractivity contribution in [1.29, 1.82) is 0 Å². The highest BCUT2D eigenvalue weighted by Crippen LogP contribution is 2.24. The predicted molar refractivity (Wildman–Crippen MR) is 150 cm³/mol. The average Bonchev–Trinajstić information content (AvgIpc) is 2.93. The zero-order valence-corrected chi connectivity index (χ0v) is 23.0. The van der Waals surface area contributed by atoms with Crippen molar-refractivity contribution in [1.82, 2.24) is 0 Å². The molecule has 0 aliphatic rings. The number of ether oxygens (including phenoxy) is 3. The standard InChI is InChI=1S/C29H29BrN2O7/c1-2-18-37-29(36)20-6-10-22(11-7-20)32-27(34)19-38-28(35)5-3-4-26(33)31-23-12-16-25(17-13-23)39-24-14-8-21(30)9-15-24/h6-17H,2-5,18-19H2,1H3,(H,31,33)(H,32,34). The highest BCUT2D eigenvalue weighted by atomic mass is 79.9. The Balaban J connectivity index is 1.31. The first-order valence-corrected chi connectivity index (χ1v) is 13.2. The molecule has 204 valence electrons. The van der Waals surface area contributed by atoms with Crippen molar-refractivity contribution < 1.29 is 33.4 Å². The van der Waals surface area contributed by atoms with Crippen LogP contribution >= 0.6 is 15.9 Å². The van der Waals surface area contributed by atoms with Gasteiger partial charge in [0.2, 0.25) is 5.91 Å². The van der Waals surface area contributed by atoms with Gasteiger partial charge in [-0.15, -0.1) is 0 Å². The van der Waals surface area contributed by atoms with Gasteiger partial charge >= 0.3 is 11.9 Å². The third kappa shape index (κ3) is 10.6. The summed E-state index contributed by atoms with van der Waals surface area (Å²) in [7, 11) is 0. The Bertz CT molecular complexity index is 1260. The van der Waals surface area contributed by atoms with E-state index in [1.54, 1.807) is 36.4 Å². The Labute approximate surface area is 235 Å². The molecule has 39 heavy (non-hydrogen) atoms. The fraction of sp³-hybridized carbons (Fsp3) is 0.241. The molecule has 3 rings (SSSR count).